The number of H-pyrrole nitrogens is 1. The van der Waals surface area contributed by atoms with Crippen molar-refractivity contribution in [1.29, 1.82) is 0 Å². The molecule has 0 amide bonds. The molecular weight excluding hydrogens is 214 g/mol. The summed E-state index contributed by atoms with van der Waals surface area (Å²) in [5.74, 6) is -1.29. The minimum atomic E-state index is -0.645. The lowest BCUT2D eigenvalue weighted by Crippen LogP contribution is -1.96. The second-order valence-electron chi connectivity index (χ2n) is 3.29. The zero-order chi connectivity index (χ0) is 11.1. The number of aromatic amines is 1. The highest BCUT2D eigenvalue weighted by Gasteiger charge is 2.07. The van der Waals surface area contributed by atoms with Crippen molar-refractivity contribution in [3.8, 4) is 5.69 Å². The first-order chi connectivity index (χ1) is 7.72. The number of rotatable bonds is 1. The van der Waals surface area contributed by atoms with E-state index in [0.29, 0.717) is 16.9 Å². The van der Waals surface area contributed by atoms with Crippen molar-refractivity contribution in [3.05, 3.63) is 42.4 Å². The van der Waals surface area contributed by atoms with Crippen LogP contribution in [0.25, 0.3) is 16.9 Å². The zero-order valence-corrected chi connectivity index (χ0v) is 7.91. The molecule has 0 aliphatic carbocycles. The van der Waals surface area contributed by atoms with Gasteiger partial charge in [0.1, 0.15) is 17.2 Å². The molecule has 0 atom stereocenters. The first kappa shape index (κ1) is 9.02. The van der Waals surface area contributed by atoms with Gasteiger partial charge < -0.3 is 4.98 Å². The SMILES string of the molecule is Fc1cc(F)cc(-n2cc3[nH][c]nc3n2)c1. The summed E-state index contributed by atoms with van der Waals surface area (Å²) in [6, 6.07) is 3.20. The first-order valence-electron chi connectivity index (χ1n) is 4.50. The van der Waals surface area contributed by atoms with Gasteiger partial charge in [0.15, 0.2) is 12.0 Å². The summed E-state index contributed by atoms with van der Waals surface area (Å²) in [6.45, 7) is 0. The smallest absolute Gasteiger partial charge is 0.200 e. The van der Waals surface area contributed by atoms with Gasteiger partial charge in [-0.1, -0.05) is 0 Å². The highest BCUT2D eigenvalue weighted by atomic mass is 19.1. The quantitative estimate of drug-likeness (QED) is 0.678. The Balaban J connectivity index is 2.18. The van der Waals surface area contributed by atoms with E-state index in [1.165, 1.54) is 16.8 Å². The molecule has 1 N–H and O–H groups in total. The van der Waals surface area contributed by atoms with Crippen molar-refractivity contribution in [2.75, 3.05) is 0 Å². The number of hydrogen-bond acceptors (Lipinski definition) is 2. The van der Waals surface area contributed by atoms with Crippen LogP contribution in [0.4, 0.5) is 8.78 Å². The van der Waals surface area contributed by atoms with E-state index in [2.05, 4.69) is 21.4 Å². The fourth-order valence-electron chi connectivity index (χ4n) is 1.48. The molecule has 0 saturated heterocycles. The molecule has 1 aromatic carbocycles. The fourth-order valence-corrected chi connectivity index (χ4v) is 1.48. The summed E-state index contributed by atoms with van der Waals surface area (Å²) in [4.78, 5) is 6.54. The van der Waals surface area contributed by atoms with Crippen molar-refractivity contribution in [1.82, 2.24) is 19.7 Å². The molecule has 3 aromatic rings. The van der Waals surface area contributed by atoms with E-state index < -0.39 is 11.6 Å². The minimum absolute atomic E-state index is 0.309. The summed E-state index contributed by atoms with van der Waals surface area (Å²) in [6.07, 6.45) is 4.11. The van der Waals surface area contributed by atoms with Crippen LogP contribution >= 0.6 is 0 Å². The normalized spacial score (nSPS) is 11.1. The topological polar surface area (TPSA) is 46.5 Å². The van der Waals surface area contributed by atoms with E-state index in [0.717, 1.165) is 6.07 Å². The second kappa shape index (κ2) is 3.13. The summed E-state index contributed by atoms with van der Waals surface area (Å²) < 4.78 is 27.3. The van der Waals surface area contributed by atoms with Gasteiger partial charge in [0.25, 0.3) is 0 Å². The van der Waals surface area contributed by atoms with Gasteiger partial charge >= 0.3 is 0 Å². The molecule has 16 heavy (non-hydrogen) atoms. The predicted molar refractivity (Wildman–Crippen MR) is 52.0 cm³/mol. The summed E-state index contributed by atoms with van der Waals surface area (Å²) in [7, 11) is 0. The average molecular weight is 219 g/mol. The highest BCUT2D eigenvalue weighted by molar-refractivity contribution is 5.69. The Bertz CT molecular complexity index is 607. The Morgan fingerprint density at radius 3 is 2.62 bits per heavy atom. The Labute approximate surface area is 88.5 Å². The van der Waals surface area contributed by atoms with Crippen LogP contribution in [0, 0.1) is 18.0 Å². The number of nitrogens with zero attached hydrogens (tertiary/aromatic N) is 3. The zero-order valence-electron chi connectivity index (χ0n) is 7.91. The third kappa shape index (κ3) is 1.35. The van der Waals surface area contributed by atoms with E-state index in [1.807, 2.05) is 0 Å². The van der Waals surface area contributed by atoms with Gasteiger partial charge in [-0.3, -0.25) is 0 Å². The van der Waals surface area contributed by atoms with E-state index in [4.69, 9.17) is 0 Å². The van der Waals surface area contributed by atoms with Gasteiger partial charge in [0.05, 0.1) is 11.9 Å². The van der Waals surface area contributed by atoms with Crippen LogP contribution in [0.1, 0.15) is 0 Å². The van der Waals surface area contributed by atoms with Crippen LogP contribution < -0.4 is 0 Å². The molecule has 2 aromatic heterocycles. The number of nitrogens with one attached hydrogen (secondary N) is 1. The molecule has 0 fully saturated rings. The van der Waals surface area contributed by atoms with Crippen LogP contribution in [0.5, 0.6) is 0 Å². The van der Waals surface area contributed by atoms with E-state index in [-0.39, 0.29) is 0 Å². The number of benzene rings is 1. The van der Waals surface area contributed by atoms with Crippen LogP contribution in [0.2, 0.25) is 0 Å². The molecule has 2 heterocycles. The van der Waals surface area contributed by atoms with Crippen molar-refractivity contribution in [3.63, 3.8) is 0 Å². The van der Waals surface area contributed by atoms with Crippen LogP contribution in [-0.2, 0) is 0 Å². The maximum Gasteiger partial charge on any atom is 0.200 e. The monoisotopic (exact) mass is 219 g/mol. The molecule has 0 aliphatic heterocycles. The molecule has 0 spiro atoms. The molecule has 4 nitrogen and oxygen atoms in total. The van der Waals surface area contributed by atoms with Gasteiger partial charge in [0.2, 0.25) is 0 Å². The van der Waals surface area contributed by atoms with Gasteiger partial charge in [-0.05, 0) is 12.1 Å². The molecule has 0 saturated carbocycles. The van der Waals surface area contributed by atoms with Gasteiger partial charge in [-0.2, -0.15) is 0 Å². The number of fused-ring (bicyclic) bond motifs is 1. The Morgan fingerprint density at radius 2 is 1.94 bits per heavy atom. The van der Waals surface area contributed by atoms with Gasteiger partial charge in [0, 0.05) is 6.07 Å². The molecule has 6 heteroatoms. The molecule has 3 rings (SSSR count). The van der Waals surface area contributed by atoms with Crippen molar-refractivity contribution < 1.29 is 8.78 Å². The number of aromatic nitrogens is 4. The van der Waals surface area contributed by atoms with Crippen LogP contribution in [-0.4, -0.2) is 19.7 Å². The molecular formula is C10H5F2N4. The molecule has 0 unspecified atom stereocenters. The molecule has 0 bridgehead atoms. The first-order valence-corrected chi connectivity index (χ1v) is 4.50. The van der Waals surface area contributed by atoms with Crippen LogP contribution in [0.15, 0.2) is 24.4 Å². The number of hydrogen-bond donors (Lipinski definition) is 1. The summed E-state index contributed by atoms with van der Waals surface area (Å²) >= 11 is 0. The molecule has 79 valence electrons. The third-order valence-corrected chi connectivity index (χ3v) is 2.16. The lowest BCUT2D eigenvalue weighted by atomic mass is 10.3. The van der Waals surface area contributed by atoms with E-state index in [1.54, 1.807) is 6.20 Å². The third-order valence-electron chi connectivity index (χ3n) is 2.16. The fraction of sp³-hybridized carbons (Fsp3) is 0. The standard InChI is InChI=1S/C10H5F2N4/c11-6-1-7(12)3-8(2-6)16-4-9-10(15-16)14-5-13-9/h1-4H,(H,13,14,15). The summed E-state index contributed by atoms with van der Waals surface area (Å²) in [5, 5.41) is 4.03. The lowest BCUT2D eigenvalue weighted by molar-refractivity contribution is 0.580. The summed E-state index contributed by atoms with van der Waals surface area (Å²) in [5.41, 5.74) is 1.42. The Kier molecular flexibility index (Phi) is 1.76. The predicted octanol–water partition coefficient (Wildman–Crippen LogP) is 1.83. The Morgan fingerprint density at radius 1 is 1.19 bits per heavy atom. The van der Waals surface area contributed by atoms with Crippen molar-refractivity contribution >= 4 is 11.2 Å². The van der Waals surface area contributed by atoms with E-state index >= 15 is 0 Å². The Hall–Kier alpha value is -2.24. The number of halogens is 2. The largest absolute Gasteiger partial charge is 0.333 e. The maximum absolute atomic E-state index is 13.0. The van der Waals surface area contributed by atoms with Crippen molar-refractivity contribution in [2.45, 2.75) is 0 Å². The highest BCUT2D eigenvalue weighted by Crippen LogP contribution is 2.14. The van der Waals surface area contributed by atoms with Gasteiger partial charge in [-0.15, -0.1) is 5.10 Å². The minimum Gasteiger partial charge on any atom is -0.333 e. The molecule has 0 aliphatic rings. The van der Waals surface area contributed by atoms with E-state index in [9.17, 15) is 8.78 Å². The van der Waals surface area contributed by atoms with Crippen LogP contribution in [0.3, 0.4) is 0 Å². The van der Waals surface area contributed by atoms with Crippen molar-refractivity contribution in [2.24, 2.45) is 0 Å². The maximum atomic E-state index is 13.0. The van der Waals surface area contributed by atoms with Gasteiger partial charge in [-0.25, -0.2) is 18.4 Å². The number of imidazole rings is 1. The lowest BCUT2D eigenvalue weighted by Gasteiger charge is -2.00. The molecule has 1 radical (unpaired) electrons. The second-order valence-corrected chi connectivity index (χ2v) is 3.29. The average Bonchev–Trinajstić information content (AvgIpc) is 2.74.